The van der Waals surface area contributed by atoms with Gasteiger partial charge in [0.2, 0.25) is 0 Å². The monoisotopic (exact) mass is 469 g/mol. The van der Waals surface area contributed by atoms with Crippen molar-refractivity contribution in [3.05, 3.63) is 44.9 Å². The molecule has 1 saturated heterocycles. The molecule has 0 spiro atoms. The van der Waals surface area contributed by atoms with E-state index in [9.17, 15) is 4.79 Å². The van der Waals surface area contributed by atoms with E-state index < -0.39 is 0 Å². The van der Waals surface area contributed by atoms with Gasteiger partial charge < -0.3 is 26.4 Å². The molecule has 152 valence electrons. The largest absolute Gasteiger partial charge is 0.496 e. The van der Waals surface area contributed by atoms with Gasteiger partial charge >= 0.3 is 6.03 Å². The molecule has 0 saturated carbocycles. The number of carbonyl (C=O) groups excluding carboxylic acids is 1. The minimum atomic E-state index is -0.158. The fourth-order valence-corrected chi connectivity index (χ4v) is 3.65. The second-order valence-corrected chi connectivity index (χ2v) is 7.81. The molecule has 1 aliphatic rings. The zero-order valence-corrected chi connectivity index (χ0v) is 18.5. The second kappa shape index (κ2) is 9.34. The van der Waals surface area contributed by atoms with E-state index in [4.69, 9.17) is 27.8 Å². The number of hydrogen-bond acceptors (Lipinski definition) is 3. The Hall–Kier alpha value is -2.19. The fourth-order valence-electron chi connectivity index (χ4n) is 2.76. The summed E-state index contributed by atoms with van der Waals surface area (Å²) in [6.45, 7) is 8.77. The number of aliphatic imine (C=N–C) groups is 1. The average Bonchev–Trinajstić information content (AvgIpc) is 3.01. The van der Waals surface area contributed by atoms with Gasteiger partial charge in [-0.1, -0.05) is 25.1 Å². The van der Waals surface area contributed by atoms with Gasteiger partial charge in [-0.2, -0.15) is 0 Å². The van der Waals surface area contributed by atoms with Gasteiger partial charge in [-0.15, -0.1) is 0 Å². The predicted octanol–water partition coefficient (Wildman–Crippen LogP) is 3.48. The number of hydrogen-bond donors (Lipinski definition) is 3. The van der Waals surface area contributed by atoms with Gasteiger partial charge in [0.1, 0.15) is 5.75 Å². The van der Waals surface area contributed by atoms with Crippen LogP contribution in [0.25, 0.3) is 5.70 Å². The van der Waals surface area contributed by atoms with Crippen LogP contribution >= 0.6 is 27.5 Å². The van der Waals surface area contributed by atoms with E-state index in [1.54, 1.807) is 24.1 Å². The molecule has 1 aliphatic heterocycles. The van der Waals surface area contributed by atoms with Crippen molar-refractivity contribution in [2.75, 3.05) is 20.2 Å². The topological polar surface area (TPSA) is 106 Å². The van der Waals surface area contributed by atoms with E-state index in [1.807, 2.05) is 13.8 Å². The summed E-state index contributed by atoms with van der Waals surface area (Å²) < 4.78 is 6.07. The third kappa shape index (κ3) is 4.99. The number of benzene rings is 1. The van der Waals surface area contributed by atoms with Gasteiger partial charge in [0, 0.05) is 23.7 Å². The van der Waals surface area contributed by atoms with Crippen LogP contribution in [0.5, 0.6) is 5.75 Å². The number of rotatable bonds is 5. The number of guanidine groups is 1. The molecule has 7 nitrogen and oxygen atoms in total. The molecule has 2 amide bonds. The summed E-state index contributed by atoms with van der Waals surface area (Å²) in [7, 11) is 1.56. The molecule has 1 heterocycles. The van der Waals surface area contributed by atoms with Gasteiger partial charge in [-0.3, -0.25) is 0 Å². The molecule has 28 heavy (non-hydrogen) atoms. The molecular formula is C19H25BrClN5O2. The Bertz CT molecular complexity index is 849. The lowest BCUT2D eigenvalue weighted by Gasteiger charge is -2.19. The molecule has 0 bridgehead atoms. The van der Waals surface area contributed by atoms with E-state index in [1.165, 1.54) is 0 Å². The molecule has 2 rings (SSSR count). The number of nitrogens with two attached hydrogens (primary N) is 2. The number of ether oxygens (including phenoxy) is 1. The van der Waals surface area contributed by atoms with Crippen molar-refractivity contribution in [1.29, 1.82) is 0 Å². The van der Waals surface area contributed by atoms with Crippen molar-refractivity contribution < 1.29 is 9.53 Å². The van der Waals surface area contributed by atoms with Crippen molar-refractivity contribution in [2.24, 2.45) is 16.5 Å². The smallest absolute Gasteiger partial charge is 0.318 e. The Morgan fingerprint density at radius 3 is 2.71 bits per heavy atom. The molecular weight excluding hydrogens is 446 g/mol. The first-order valence-corrected chi connectivity index (χ1v) is 9.94. The third-order valence-corrected chi connectivity index (χ3v) is 5.38. The van der Waals surface area contributed by atoms with Gasteiger partial charge in [0.05, 0.1) is 28.8 Å². The van der Waals surface area contributed by atoms with Crippen molar-refractivity contribution in [2.45, 2.75) is 26.3 Å². The van der Waals surface area contributed by atoms with Crippen LogP contribution in [0.2, 0.25) is 5.02 Å². The molecule has 1 aromatic carbocycles. The Morgan fingerprint density at radius 2 is 2.14 bits per heavy atom. The average molecular weight is 471 g/mol. The summed E-state index contributed by atoms with van der Waals surface area (Å²) in [5.41, 5.74) is 13.9. The Kier molecular flexibility index (Phi) is 7.37. The fraction of sp³-hybridized carbons (Fsp3) is 0.368. The number of nitrogens with one attached hydrogen (secondary N) is 1. The number of likely N-dealkylation sites (tertiary alicyclic amines) is 1. The van der Waals surface area contributed by atoms with Crippen molar-refractivity contribution in [3.8, 4) is 5.75 Å². The van der Waals surface area contributed by atoms with Crippen molar-refractivity contribution in [1.82, 2.24) is 10.2 Å². The van der Waals surface area contributed by atoms with Crippen LogP contribution in [0.15, 0.2) is 39.3 Å². The number of amides is 2. The van der Waals surface area contributed by atoms with Crippen molar-refractivity contribution >= 4 is 45.2 Å². The number of halogens is 2. The van der Waals surface area contributed by atoms with Gasteiger partial charge in [-0.05, 0) is 47.0 Å². The summed E-state index contributed by atoms with van der Waals surface area (Å²) >= 11 is 9.86. The van der Waals surface area contributed by atoms with Crippen LogP contribution in [0.3, 0.4) is 0 Å². The molecule has 9 heteroatoms. The van der Waals surface area contributed by atoms with Gasteiger partial charge in [0.25, 0.3) is 0 Å². The number of nitrogens with zero attached hydrogens (tertiary/aromatic N) is 2. The van der Waals surface area contributed by atoms with Gasteiger partial charge in [-0.25, -0.2) is 9.79 Å². The highest BCUT2D eigenvalue weighted by atomic mass is 79.9. The zero-order chi connectivity index (χ0) is 21.0. The Labute approximate surface area is 178 Å². The van der Waals surface area contributed by atoms with E-state index in [0.29, 0.717) is 39.6 Å². The van der Waals surface area contributed by atoms with Gasteiger partial charge in [0.15, 0.2) is 5.96 Å². The van der Waals surface area contributed by atoms with E-state index in [2.05, 4.69) is 32.8 Å². The van der Waals surface area contributed by atoms with Crippen LogP contribution in [-0.4, -0.2) is 43.1 Å². The lowest BCUT2D eigenvalue weighted by Crippen LogP contribution is -2.42. The molecule has 0 aromatic heterocycles. The Balaban J connectivity index is 2.51. The lowest BCUT2D eigenvalue weighted by atomic mass is 10.0. The highest BCUT2D eigenvalue weighted by Crippen LogP contribution is 2.38. The van der Waals surface area contributed by atoms with Crippen LogP contribution in [-0.2, 0) is 0 Å². The first-order chi connectivity index (χ1) is 13.2. The first kappa shape index (κ1) is 22.1. The van der Waals surface area contributed by atoms with Crippen LogP contribution < -0.4 is 21.5 Å². The summed E-state index contributed by atoms with van der Waals surface area (Å²) in [5, 5.41) is 3.40. The molecule has 1 aromatic rings. The highest BCUT2D eigenvalue weighted by molar-refractivity contribution is 9.10. The molecule has 0 radical (unpaired) electrons. The standard InChI is InChI=1S/C19H25BrClN5O2/c1-5-11(3)24-19(27)26-8-10(2)13(9-26)17(25-18(22)23)12-6-16(28-4)14(20)7-15(12)21/h6-7,11H,2,5,8-9H2,1,3-4H3,(H,24,27)(H4,22,23,25)/b17-13-. The second-order valence-electron chi connectivity index (χ2n) is 6.55. The summed E-state index contributed by atoms with van der Waals surface area (Å²) in [5.74, 6) is 0.467. The van der Waals surface area contributed by atoms with Crippen LogP contribution in [0.1, 0.15) is 25.8 Å². The zero-order valence-electron chi connectivity index (χ0n) is 16.2. The first-order valence-electron chi connectivity index (χ1n) is 8.77. The summed E-state index contributed by atoms with van der Waals surface area (Å²) in [6, 6.07) is 3.38. The maximum absolute atomic E-state index is 12.5. The lowest BCUT2D eigenvalue weighted by molar-refractivity contribution is 0.207. The molecule has 0 aliphatic carbocycles. The minimum absolute atomic E-state index is 0.0798. The summed E-state index contributed by atoms with van der Waals surface area (Å²) in [6.07, 6.45) is 0.844. The number of urea groups is 1. The molecule has 1 fully saturated rings. The maximum atomic E-state index is 12.5. The van der Waals surface area contributed by atoms with E-state index in [0.717, 1.165) is 17.6 Å². The van der Waals surface area contributed by atoms with E-state index >= 15 is 0 Å². The summed E-state index contributed by atoms with van der Waals surface area (Å²) in [4.78, 5) is 18.5. The van der Waals surface area contributed by atoms with Crippen molar-refractivity contribution in [3.63, 3.8) is 0 Å². The van der Waals surface area contributed by atoms with E-state index in [-0.39, 0.29) is 18.0 Å². The van der Waals surface area contributed by atoms with Crippen LogP contribution in [0, 0.1) is 0 Å². The van der Waals surface area contributed by atoms with Crippen LogP contribution in [0.4, 0.5) is 4.79 Å². The Morgan fingerprint density at radius 1 is 1.46 bits per heavy atom. The SMILES string of the molecule is C=C1CN(C(=O)NC(C)CC)C/C1=C(/N=C(N)N)c1cc(OC)c(Br)cc1Cl. The number of methoxy groups -OCH3 is 1. The molecule has 1 atom stereocenters. The normalized spacial score (nSPS) is 16.6. The minimum Gasteiger partial charge on any atom is -0.496 e. The quantitative estimate of drug-likeness (QED) is 0.452. The molecule has 5 N–H and O–H groups in total. The maximum Gasteiger partial charge on any atom is 0.318 e. The highest BCUT2D eigenvalue weighted by Gasteiger charge is 2.29. The molecule has 1 unspecified atom stereocenters. The number of carbonyl (C=O) groups is 1. The predicted molar refractivity (Wildman–Crippen MR) is 117 cm³/mol. The third-order valence-electron chi connectivity index (χ3n) is 4.45.